The number of nitrogens with zero attached hydrogens (tertiary/aromatic N) is 1. The zero-order valence-electron chi connectivity index (χ0n) is 4.91. The van der Waals surface area contributed by atoms with Gasteiger partial charge in [0.15, 0.2) is 0 Å². The van der Waals surface area contributed by atoms with Gasteiger partial charge >= 0.3 is 0 Å². The third-order valence-electron chi connectivity index (χ3n) is 1.42. The zero-order chi connectivity index (χ0) is 6.91. The number of hydrogen-bond donors (Lipinski definition) is 0. The van der Waals surface area contributed by atoms with E-state index >= 15 is 0 Å². The Morgan fingerprint density at radius 3 is 2.44 bits per heavy atom. The van der Waals surface area contributed by atoms with Crippen LogP contribution < -0.4 is 0 Å². The van der Waals surface area contributed by atoms with E-state index in [1.54, 1.807) is 4.90 Å². The lowest BCUT2D eigenvalue weighted by molar-refractivity contribution is 0.0141. The van der Waals surface area contributed by atoms with Crippen molar-refractivity contribution in [3.63, 3.8) is 0 Å². The normalized spacial score (nSPS) is 27.0. The number of hydrogen-bond acceptors (Lipinski definition) is 1. The average Bonchev–Trinajstić information content (AvgIpc) is 2.10. The Morgan fingerprint density at radius 2 is 2.22 bits per heavy atom. The van der Waals surface area contributed by atoms with Gasteiger partial charge in [0.1, 0.15) is 0 Å². The van der Waals surface area contributed by atoms with E-state index in [2.05, 4.69) is 15.9 Å². The molecule has 1 heterocycles. The highest BCUT2D eigenvalue weighted by Gasteiger charge is 2.37. The van der Waals surface area contributed by atoms with E-state index < -0.39 is 5.92 Å². The molecule has 1 fully saturated rings. The molecule has 0 unspecified atom stereocenters. The van der Waals surface area contributed by atoms with Crippen LogP contribution in [0.15, 0.2) is 0 Å². The SMILES string of the molecule is FC1(F)CCN(CBr)C1. The summed E-state index contributed by atoms with van der Waals surface area (Å²) in [6.07, 6.45) is 0.0125. The molecule has 1 saturated heterocycles. The van der Waals surface area contributed by atoms with Gasteiger partial charge in [-0.05, 0) is 0 Å². The van der Waals surface area contributed by atoms with Crippen LogP contribution in [-0.4, -0.2) is 29.4 Å². The second-order valence-corrected chi connectivity index (χ2v) is 2.78. The Kier molecular flexibility index (Phi) is 2.06. The molecule has 0 radical (unpaired) electrons. The fourth-order valence-corrected chi connectivity index (χ4v) is 1.34. The van der Waals surface area contributed by atoms with Crippen LogP contribution in [0.5, 0.6) is 0 Å². The third kappa shape index (κ3) is 1.86. The molecule has 0 aromatic heterocycles. The van der Waals surface area contributed by atoms with E-state index in [0.717, 1.165) is 0 Å². The van der Waals surface area contributed by atoms with Crippen LogP contribution in [0.1, 0.15) is 6.42 Å². The van der Waals surface area contributed by atoms with Gasteiger partial charge in [0.05, 0.1) is 12.0 Å². The first kappa shape index (κ1) is 7.41. The van der Waals surface area contributed by atoms with E-state index in [1.165, 1.54) is 0 Å². The highest BCUT2D eigenvalue weighted by Crippen LogP contribution is 2.26. The molecular formula is C5H8BrF2N. The average molecular weight is 200 g/mol. The molecule has 0 aromatic carbocycles. The van der Waals surface area contributed by atoms with Crippen LogP contribution in [0.3, 0.4) is 0 Å². The lowest BCUT2D eigenvalue weighted by Crippen LogP contribution is -2.23. The summed E-state index contributed by atoms with van der Waals surface area (Å²) in [7, 11) is 0. The Bertz CT molecular complexity index is 107. The minimum absolute atomic E-state index is 0.0125. The second kappa shape index (κ2) is 2.50. The predicted molar refractivity (Wildman–Crippen MR) is 34.9 cm³/mol. The largest absolute Gasteiger partial charge is 0.287 e. The Morgan fingerprint density at radius 1 is 1.56 bits per heavy atom. The maximum Gasteiger partial charge on any atom is 0.261 e. The second-order valence-electron chi connectivity index (χ2n) is 2.28. The molecule has 0 aliphatic carbocycles. The van der Waals surface area contributed by atoms with E-state index in [0.29, 0.717) is 12.0 Å². The standard InChI is InChI=1S/C5H8BrF2N/c6-4-9-2-1-5(7,8)3-9/h1-4H2. The minimum atomic E-state index is -2.44. The summed E-state index contributed by atoms with van der Waals surface area (Å²) in [5, 5.41) is 0. The highest BCUT2D eigenvalue weighted by molar-refractivity contribution is 9.09. The van der Waals surface area contributed by atoms with Crippen molar-refractivity contribution < 1.29 is 8.78 Å². The summed E-state index contributed by atoms with van der Waals surface area (Å²) in [6, 6.07) is 0. The minimum Gasteiger partial charge on any atom is -0.287 e. The molecule has 0 bridgehead atoms. The van der Waals surface area contributed by atoms with Crippen molar-refractivity contribution >= 4 is 15.9 Å². The van der Waals surface area contributed by atoms with Gasteiger partial charge in [0, 0.05) is 13.0 Å². The van der Waals surface area contributed by atoms with Crippen molar-refractivity contribution in [2.24, 2.45) is 0 Å². The fourth-order valence-electron chi connectivity index (χ4n) is 0.909. The van der Waals surface area contributed by atoms with Crippen molar-refractivity contribution in [2.75, 3.05) is 18.5 Å². The van der Waals surface area contributed by atoms with Gasteiger partial charge in [-0.2, -0.15) is 0 Å². The van der Waals surface area contributed by atoms with Crippen LogP contribution >= 0.6 is 15.9 Å². The van der Waals surface area contributed by atoms with Crippen LogP contribution in [0.25, 0.3) is 0 Å². The summed E-state index contributed by atoms with van der Waals surface area (Å²) >= 11 is 3.12. The molecule has 4 heteroatoms. The maximum atomic E-state index is 12.3. The van der Waals surface area contributed by atoms with Crippen molar-refractivity contribution in [1.82, 2.24) is 4.90 Å². The monoisotopic (exact) mass is 199 g/mol. The van der Waals surface area contributed by atoms with E-state index in [9.17, 15) is 8.78 Å². The lowest BCUT2D eigenvalue weighted by atomic mass is 10.3. The van der Waals surface area contributed by atoms with Crippen molar-refractivity contribution in [1.29, 1.82) is 0 Å². The van der Waals surface area contributed by atoms with Crippen molar-refractivity contribution in [3.05, 3.63) is 0 Å². The zero-order valence-corrected chi connectivity index (χ0v) is 6.50. The molecule has 0 aromatic rings. The molecule has 1 nitrogen and oxygen atoms in total. The maximum absolute atomic E-state index is 12.3. The van der Waals surface area contributed by atoms with E-state index in [4.69, 9.17) is 0 Å². The summed E-state index contributed by atoms with van der Waals surface area (Å²) < 4.78 is 24.6. The Hall–Kier alpha value is 0.300. The molecular weight excluding hydrogens is 192 g/mol. The van der Waals surface area contributed by atoms with Crippen molar-refractivity contribution in [3.8, 4) is 0 Å². The summed E-state index contributed by atoms with van der Waals surface area (Å²) in [5.74, 6) is -2.44. The number of halogens is 3. The molecule has 0 N–H and O–H groups in total. The van der Waals surface area contributed by atoms with Gasteiger partial charge in [0.25, 0.3) is 5.92 Å². The van der Waals surface area contributed by atoms with Crippen LogP contribution in [0, 0.1) is 0 Å². The number of rotatable bonds is 1. The summed E-state index contributed by atoms with van der Waals surface area (Å²) in [5.41, 5.74) is 0.558. The summed E-state index contributed by atoms with van der Waals surface area (Å²) in [4.78, 5) is 1.68. The van der Waals surface area contributed by atoms with Crippen LogP contribution in [0.2, 0.25) is 0 Å². The highest BCUT2D eigenvalue weighted by atomic mass is 79.9. The van der Waals surface area contributed by atoms with Crippen LogP contribution in [-0.2, 0) is 0 Å². The van der Waals surface area contributed by atoms with Gasteiger partial charge < -0.3 is 0 Å². The van der Waals surface area contributed by atoms with Gasteiger partial charge in [-0.25, -0.2) is 8.78 Å². The molecule has 54 valence electrons. The quantitative estimate of drug-likeness (QED) is 0.459. The first-order chi connectivity index (χ1) is 4.14. The molecule has 0 spiro atoms. The fraction of sp³-hybridized carbons (Fsp3) is 1.00. The lowest BCUT2D eigenvalue weighted by Gasteiger charge is -2.10. The van der Waals surface area contributed by atoms with Gasteiger partial charge in [0.2, 0.25) is 0 Å². The Balaban J connectivity index is 2.38. The predicted octanol–water partition coefficient (Wildman–Crippen LogP) is 1.68. The molecule has 0 saturated carbocycles. The first-order valence-electron chi connectivity index (χ1n) is 2.80. The molecule has 1 aliphatic rings. The first-order valence-corrected chi connectivity index (χ1v) is 3.92. The van der Waals surface area contributed by atoms with E-state index in [-0.39, 0.29) is 13.0 Å². The number of alkyl halides is 3. The molecule has 1 rings (SSSR count). The molecule has 0 atom stereocenters. The van der Waals surface area contributed by atoms with Crippen molar-refractivity contribution in [2.45, 2.75) is 12.3 Å². The molecule has 0 amide bonds. The molecule has 1 aliphatic heterocycles. The van der Waals surface area contributed by atoms with Gasteiger partial charge in [-0.15, -0.1) is 0 Å². The third-order valence-corrected chi connectivity index (χ3v) is 2.13. The van der Waals surface area contributed by atoms with Gasteiger partial charge in [-0.3, -0.25) is 4.90 Å². The van der Waals surface area contributed by atoms with Crippen LogP contribution in [0.4, 0.5) is 8.78 Å². The number of likely N-dealkylation sites (tertiary alicyclic amines) is 1. The summed E-state index contributed by atoms with van der Waals surface area (Å²) in [6.45, 7) is 0.427. The van der Waals surface area contributed by atoms with Gasteiger partial charge in [-0.1, -0.05) is 15.9 Å². The Labute approximate surface area is 61.2 Å². The van der Waals surface area contributed by atoms with E-state index in [1.807, 2.05) is 0 Å². The smallest absolute Gasteiger partial charge is 0.261 e. The topological polar surface area (TPSA) is 3.24 Å². The molecule has 9 heavy (non-hydrogen) atoms.